The Morgan fingerprint density at radius 3 is 2.78 bits per heavy atom. The van der Waals surface area contributed by atoms with Gasteiger partial charge in [0.25, 0.3) is 0 Å². The summed E-state index contributed by atoms with van der Waals surface area (Å²) in [6.45, 7) is 1.88. The maximum atomic E-state index is 11.6. The molecule has 0 aromatic heterocycles. The van der Waals surface area contributed by atoms with E-state index in [0.717, 1.165) is 12.8 Å². The number of hydrogen-bond acceptors (Lipinski definition) is 4. The van der Waals surface area contributed by atoms with E-state index in [-0.39, 0.29) is 6.79 Å². The quantitative estimate of drug-likeness (QED) is 0.845. The van der Waals surface area contributed by atoms with Gasteiger partial charge in [-0.15, -0.1) is 0 Å². The lowest BCUT2D eigenvalue weighted by molar-refractivity contribution is -0.144. The second kappa shape index (κ2) is 3.88. The zero-order valence-electron chi connectivity index (χ0n) is 10.1. The summed E-state index contributed by atoms with van der Waals surface area (Å²) < 4.78 is 10.5. The number of carboxylic acid groups (broad SMARTS) is 1. The Morgan fingerprint density at radius 1 is 1.39 bits per heavy atom. The number of aliphatic carboxylic acids is 1. The number of carboxylic acids is 1. The van der Waals surface area contributed by atoms with E-state index in [4.69, 9.17) is 9.47 Å². The van der Waals surface area contributed by atoms with E-state index in [2.05, 4.69) is 5.32 Å². The van der Waals surface area contributed by atoms with Crippen LogP contribution in [0.4, 0.5) is 0 Å². The smallest absolute Gasteiger partial charge is 0.328 e. The minimum Gasteiger partial charge on any atom is -0.480 e. The Balaban J connectivity index is 1.96. The molecule has 1 saturated carbocycles. The number of ether oxygens (including phenoxy) is 2. The number of benzene rings is 1. The molecule has 1 aromatic carbocycles. The summed E-state index contributed by atoms with van der Waals surface area (Å²) in [5.74, 6) is 0.392. The minimum absolute atomic E-state index is 0.193. The van der Waals surface area contributed by atoms with Crippen molar-refractivity contribution in [2.75, 3.05) is 6.79 Å². The molecule has 5 heteroatoms. The van der Waals surface area contributed by atoms with Gasteiger partial charge in [0.1, 0.15) is 5.54 Å². The van der Waals surface area contributed by atoms with Crippen LogP contribution in [0.15, 0.2) is 18.2 Å². The molecule has 18 heavy (non-hydrogen) atoms. The Labute approximate surface area is 105 Å². The topological polar surface area (TPSA) is 67.8 Å². The van der Waals surface area contributed by atoms with Gasteiger partial charge in [0.05, 0.1) is 0 Å². The highest BCUT2D eigenvalue weighted by Gasteiger charge is 2.40. The van der Waals surface area contributed by atoms with E-state index in [1.54, 1.807) is 25.1 Å². The van der Waals surface area contributed by atoms with Crippen molar-refractivity contribution in [1.29, 1.82) is 0 Å². The van der Waals surface area contributed by atoms with Crippen LogP contribution in [0.3, 0.4) is 0 Å². The van der Waals surface area contributed by atoms with E-state index in [0.29, 0.717) is 23.1 Å². The van der Waals surface area contributed by atoms with Crippen molar-refractivity contribution in [3.8, 4) is 11.5 Å². The Morgan fingerprint density at radius 2 is 2.11 bits per heavy atom. The van der Waals surface area contributed by atoms with Gasteiger partial charge < -0.3 is 14.6 Å². The monoisotopic (exact) mass is 249 g/mol. The van der Waals surface area contributed by atoms with Crippen LogP contribution in [0.25, 0.3) is 0 Å². The molecule has 0 radical (unpaired) electrons. The molecule has 1 heterocycles. The highest BCUT2D eigenvalue weighted by molar-refractivity contribution is 5.80. The summed E-state index contributed by atoms with van der Waals surface area (Å²) >= 11 is 0. The average Bonchev–Trinajstić information content (AvgIpc) is 3.03. The van der Waals surface area contributed by atoms with Gasteiger partial charge in [-0.1, -0.05) is 6.07 Å². The van der Waals surface area contributed by atoms with Gasteiger partial charge in [0.2, 0.25) is 6.79 Å². The molecule has 0 spiro atoms. The van der Waals surface area contributed by atoms with E-state index in [9.17, 15) is 9.90 Å². The molecule has 2 aliphatic rings. The summed E-state index contributed by atoms with van der Waals surface area (Å²) in [5, 5.41) is 12.7. The zero-order chi connectivity index (χ0) is 12.8. The van der Waals surface area contributed by atoms with Crippen LogP contribution in [-0.4, -0.2) is 23.9 Å². The van der Waals surface area contributed by atoms with Gasteiger partial charge in [0, 0.05) is 6.04 Å². The fourth-order valence-electron chi connectivity index (χ4n) is 2.11. The van der Waals surface area contributed by atoms with E-state index >= 15 is 0 Å². The molecule has 5 nitrogen and oxygen atoms in total. The highest BCUT2D eigenvalue weighted by Crippen LogP contribution is 2.37. The van der Waals surface area contributed by atoms with Gasteiger partial charge in [-0.25, -0.2) is 4.79 Å². The molecule has 1 atom stereocenters. The van der Waals surface area contributed by atoms with Crippen molar-refractivity contribution in [2.45, 2.75) is 31.3 Å². The van der Waals surface area contributed by atoms with Gasteiger partial charge in [-0.3, -0.25) is 5.32 Å². The van der Waals surface area contributed by atoms with Crippen LogP contribution in [0.1, 0.15) is 25.3 Å². The van der Waals surface area contributed by atoms with Crippen LogP contribution in [0, 0.1) is 0 Å². The van der Waals surface area contributed by atoms with Crippen molar-refractivity contribution < 1.29 is 19.4 Å². The second-order valence-corrected chi connectivity index (χ2v) is 4.92. The maximum Gasteiger partial charge on any atom is 0.328 e. The Kier molecular flexibility index (Phi) is 2.45. The van der Waals surface area contributed by atoms with Crippen LogP contribution < -0.4 is 14.8 Å². The molecule has 1 aromatic rings. The summed E-state index contributed by atoms with van der Waals surface area (Å²) in [7, 11) is 0. The van der Waals surface area contributed by atoms with Crippen molar-refractivity contribution in [3.05, 3.63) is 23.8 Å². The molecule has 1 aliphatic heterocycles. The standard InChI is InChI=1S/C13H15NO4/c1-13(12(15)16,14-9-3-4-9)8-2-5-10-11(6-8)18-7-17-10/h2,5-6,9,14H,3-4,7H2,1H3,(H,15,16). The molecule has 1 fully saturated rings. The van der Waals surface area contributed by atoms with Crippen LogP contribution >= 0.6 is 0 Å². The van der Waals surface area contributed by atoms with E-state index in [1.807, 2.05) is 0 Å². The lowest BCUT2D eigenvalue weighted by atomic mass is 9.91. The normalized spacial score (nSPS) is 20.5. The summed E-state index contributed by atoms with van der Waals surface area (Å²) in [4.78, 5) is 11.6. The summed E-state index contributed by atoms with van der Waals surface area (Å²) in [6.07, 6.45) is 2.07. The third-order valence-corrected chi connectivity index (χ3v) is 3.45. The third kappa shape index (κ3) is 1.80. The van der Waals surface area contributed by atoms with E-state index < -0.39 is 11.5 Å². The first-order valence-electron chi connectivity index (χ1n) is 6.01. The van der Waals surface area contributed by atoms with Crippen molar-refractivity contribution in [3.63, 3.8) is 0 Å². The van der Waals surface area contributed by atoms with Gasteiger partial charge in [0.15, 0.2) is 11.5 Å². The molecule has 96 valence electrons. The molecular formula is C13H15NO4. The third-order valence-electron chi connectivity index (χ3n) is 3.45. The molecule has 3 rings (SSSR count). The van der Waals surface area contributed by atoms with Crippen molar-refractivity contribution in [1.82, 2.24) is 5.32 Å². The first-order valence-corrected chi connectivity index (χ1v) is 6.01. The van der Waals surface area contributed by atoms with Crippen LogP contribution in [0.2, 0.25) is 0 Å². The van der Waals surface area contributed by atoms with Gasteiger partial charge >= 0.3 is 5.97 Å². The van der Waals surface area contributed by atoms with Crippen molar-refractivity contribution in [2.24, 2.45) is 0 Å². The molecule has 1 unspecified atom stereocenters. The Hall–Kier alpha value is -1.75. The largest absolute Gasteiger partial charge is 0.480 e. The summed E-state index contributed by atoms with van der Waals surface area (Å²) in [5.41, 5.74) is -0.395. The minimum atomic E-state index is -1.08. The number of nitrogens with one attached hydrogen (secondary N) is 1. The summed E-state index contributed by atoms with van der Waals surface area (Å²) in [6, 6.07) is 5.58. The lowest BCUT2D eigenvalue weighted by Gasteiger charge is -2.27. The molecule has 2 N–H and O–H groups in total. The Bertz CT molecular complexity index is 498. The molecule has 0 bridgehead atoms. The maximum absolute atomic E-state index is 11.6. The molecule has 0 amide bonds. The number of fused-ring (bicyclic) bond motifs is 1. The number of hydrogen-bond donors (Lipinski definition) is 2. The van der Waals surface area contributed by atoms with Gasteiger partial charge in [-0.2, -0.15) is 0 Å². The van der Waals surface area contributed by atoms with Gasteiger partial charge in [-0.05, 0) is 37.5 Å². The fraction of sp³-hybridized carbons (Fsp3) is 0.462. The first-order chi connectivity index (χ1) is 8.59. The SMILES string of the molecule is CC(NC1CC1)(C(=O)O)c1ccc2c(c1)OCO2. The van der Waals surface area contributed by atoms with Crippen molar-refractivity contribution >= 4 is 5.97 Å². The zero-order valence-corrected chi connectivity index (χ0v) is 10.1. The molecule has 1 aliphatic carbocycles. The molecular weight excluding hydrogens is 234 g/mol. The highest BCUT2D eigenvalue weighted by atomic mass is 16.7. The lowest BCUT2D eigenvalue weighted by Crippen LogP contribution is -2.47. The average molecular weight is 249 g/mol. The van der Waals surface area contributed by atoms with Crippen LogP contribution in [0.5, 0.6) is 11.5 Å². The predicted molar refractivity (Wildman–Crippen MR) is 63.7 cm³/mol. The van der Waals surface area contributed by atoms with E-state index in [1.165, 1.54) is 0 Å². The predicted octanol–water partition coefficient (Wildman–Crippen LogP) is 1.47. The fourth-order valence-corrected chi connectivity index (χ4v) is 2.11. The molecule has 0 saturated heterocycles. The second-order valence-electron chi connectivity index (χ2n) is 4.92. The number of carbonyl (C=O) groups is 1. The first kappa shape index (κ1) is 11.3. The van der Waals surface area contributed by atoms with Crippen LogP contribution in [-0.2, 0) is 10.3 Å². The number of rotatable bonds is 4.